The molecule has 0 spiro atoms. The highest BCUT2D eigenvalue weighted by Crippen LogP contribution is 2.22. The van der Waals surface area contributed by atoms with Gasteiger partial charge in [-0.25, -0.2) is 4.98 Å². The van der Waals surface area contributed by atoms with Crippen molar-refractivity contribution >= 4 is 49.0 Å². The first-order valence-electron chi connectivity index (χ1n) is 10.7. The summed E-state index contributed by atoms with van der Waals surface area (Å²) in [6.07, 6.45) is 2.51. The molecule has 0 amide bonds. The van der Waals surface area contributed by atoms with Gasteiger partial charge in [-0.1, -0.05) is 70.0 Å². The number of ether oxygens (including phenoxy) is 1. The maximum absolute atomic E-state index is 13.3. The Morgan fingerprint density at radius 2 is 1.79 bits per heavy atom. The molecule has 4 aromatic rings. The molecular formula is C26H23Br2N3O2. The van der Waals surface area contributed by atoms with E-state index in [2.05, 4.69) is 43.9 Å². The Labute approximate surface area is 209 Å². The van der Waals surface area contributed by atoms with Gasteiger partial charge in [0.05, 0.1) is 17.1 Å². The van der Waals surface area contributed by atoms with Crippen LogP contribution in [-0.2, 0) is 6.61 Å². The van der Waals surface area contributed by atoms with Crippen molar-refractivity contribution in [1.82, 2.24) is 9.66 Å². The Hall–Kier alpha value is -2.77. The van der Waals surface area contributed by atoms with Gasteiger partial charge in [0.1, 0.15) is 18.2 Å². The minimum Gasteiger partial charge on any atom is -0.488 e. The van der Waals surface area contributed by atoms with Crippen LogP contribution in [0.1, 0.15) is 43.1 Å². The van der Waals surface area contributed by atoms with Crippen molar-refractivity contribution in [1.29, 1.82) is 0 Å². The van der Waals surface area contributed by atoms with Gasteiger partial charge in [-0.3, -0.25) is 4.79 Å². The molecule has 3 aromatic carbocycles. The maximum atomic E-state index is 13.3. The molecule has 33 heavy (non-hydrogen) atoms. The van der Waals surface area contributed by atoms with Gasteiger partial charge in [0.25, 0.3) is 5.56 Å². The lowest BCUT2D eigenvalue weighted by molar-refractivity contribution is 0.306. The molecule has 5 nitrogen and oxygen atoms in total. The van der Waals surface area contributed by atoms with E-state index in [0.717, 1.165) is 26.5 Å². The Kier molecular flexibility index (Phi) is 7.40. The number of hydrogen-bond acceptors (Lipinski definition) is 4. The number of nitrogens with zero attached hydrogens (tertiary/aromatic N) is 3. The zero-order valence-electron chi connectivity index (χ0n) is 18.3. The first kappa shape index (κ1) is 23.4. The molecule has 0 aliphatic heterocycles. The zero-order chi connectivity index (χ0) is 23.4. The lowest BCUT2D eigenvalue weighted by Gasteiger charge is -2.14. The summed E-state index contributed by atoms with van der Waals surface area (Å²) in [4.78, 5) is 18.1. The fourth-order valence-electron chi connectivity index (χ4n) is 3.36. The Morgan fingerprint density at radius 1 is 1.06 bits per heavy atom. The first-order valence-corrected chi connectivity index (χ1v) is 12.3. The molecule has 0 aliphatic rings. The van der Waals surface area contributed by atoms with E-state index in [9.17, 15) is 4.79 Å². The van der Waals surface area contributed by atoms with E-state index in [0.29, 0.717) is 29.1 Å². The number of aromatic nitrogens is 2. The van der Waals surface area contributed by atoms with E-state index in [-0.39, 0.29) is 11.5 Å². The van der Waals surface area contributed by atoms with E-state index < -0.39 is 0 Å². The highest BCUT2D eigenvalue weighted by molar-refractivity contribution is 9.10. The van der Waals surface area contributed by atoms with Gasteiger partial charge in [-0.05, 0) is 54.4 Å². The van der Waals surface area contributed by atoms with E-state index in [4.69, 9.17) is 9.72 Å². The summed E-state index contributed by atoms with van der Waals surface area (Å²) in [7, 11) is 0. The van der Waals surface area contributed by atoms with Gasteiger partial charge in [0.15, 0.2) is 0 Å². The van der Waals surface area contributed by atoms with Crippen LogP contribution in [0.3, 0.4) is 0 Å². The summed E-state index contributed by atoms with van der Waals surface area (Å²) in [5.74, 6) is 1.41. The highest BCUT2D eigenvalue weighted by atomic mass is 79.9. The molecule has 0 N–H and O–H groups in total. The normalized spacial score (nSPS) is 12.4. The zero-order valence-corrected chi connectivity index (χ0v) is 21.5. The summed E-state index contributed by atoms with van der Waals surface area (Å²) in [5.41, 5.74) is 2.32. The molecule has 0 radical (unpaired) electrons. The average molecular weight is 569 g/mol. The van der Waals surface area contributed by atoms with Gasteiger partial charge in [-0.2, -0.15) is 9.78 Å². The molecule has 0 aliphatic carbocycles. The maximum Gasteiger partial charge on any atom is 0.282 e. The number of para-hydroxylation sites is 1. The van der Waals surface area contributed by atoms with Crippen molar-refractivity contribution in [2.24, 2.45) is 5.10 Å². The van der Waals surface area contributed by atoms with Crippen LogP contribution in [0.15, 0.2) is 85.6 Å². The molecule has 1 aromatic heterocycles. The third-order valence-electron chi connectivity index (χ3n) is 5.43. The molecule has 0 unspecified atom stereocenters. The highest BCUT2D eigenvalue weighted by Gasteiger charge is 2.15. The number of rotatable bonds is 7. The largest absolute Gasteiger partial charge is 0.488 e. The topological polar surface area (TPSA) is 56.5 Å². The predicted molar refractivity (Wildman–Crippen MR) is 140 cm³/mol. The molecule has 0 bridgehead atoms. The van der Waals surface area contributed by atoms with Gasteiger partial charge < -0.3 is 4.74 Å². The fraction of sp³-hybridized carbons (Fsp3) is 0.192. The molecule has 0 saturated heterocycles. The third-order valence-corrected chi connectivity index (χ3v) is 6.45. The molecule has 0 saturated carbocycles. The summed E-state index contributed by atoms with van der Waals surface area (Å²) in [6, 6.07) is 21.2. The summed E-state index contributed by atoms with van der Waals surface area (Å²) in [5, 5.41) is 5.09. The third kappa shape index (κ3) is 5.42. The minimum atomic E-state index is -0.193. The quantitative estimate of drug-likeness (QED) is 0.228. The van der Waals surface area contributed by atoms with Crippen LogP contribution < -0.4 is 10.3 Å². The SMILES string of the molecule is CC[C@@H](C)c1nc2ccc(Br)cc2c(=O)n1N=Cc1ccccc1OCc1ccc(Br)cc1. The monoisotopic (exact) mass is 567 g/mol. The number of benzene rings is 3. The van der Waals surface area contributed by atoms with Crippen molar-refractivity contribution in [3.63, 3.8) is 0 Å². The Bertz CT molecular complexity index is 1360. The van der Waals surface area contributed by atoms with Crippen LogP contribution in [0.4, 0.5) is 0 Å². The molecular weight excluding hydrogens is 546 g/mol. The van der Waals surface area contributed by atoms with Gasteiger partial charge in [0.2, 0.25) is 0 Å². The second kappa shape index (κ2) is 10.4. The average Bonchev–Trinajstić information content (AvgIpc) is 2.83. The second-order valence-electron chi connectivity index (χ2n) is 7.76. The van der Waals surface area contributed by atoms with Crippen LogP contribution in [0.2, 0.25) is 0 Å². The van der Waals surface area contributed by atoms with Crippen molar-refractivity contribution < 1.29 is 4.74 Å². The lowest BCUT2D eigenvalue weighted by atomic mass is 10.1. The Morgan fingerprint density at radius 3 is 2.55 bits per heavy atom. The minimum absolute atomic E-state index is 0.0757. The van der Waals surface area contributed by atoms with Crippen LogP contribution in [0, 0.1) is 0 Å². The molecule has 4 rings (SSSR count). The summed E-state index contributed by atoms with van der Waals surface area (Å²) < 4.78 is 9.31. The van der Waals surface area contributed by atoms with Crippen molar-refractivity contribution in [3.8, 4) is 5.75 Å². The summed E-state index contributed by atoms with van der Waals surface area (Å²) >= 11 is 6.89. The standard InChI is InChI=1S/C26H23Br2N3O2/c1-3-17(2)25-30-23-13-12-21(28)14-22(23)26(32)31(25)29-15-19-6-4-5-7-24(19)33-16-18-8-10-20(27)11-9-18/h4-15,17H,3,16H2,1-2H3/t17-/m1/s1. The molecule has 7 heteroatoms. The van der Waals surface area contributed by atoms with E-state index in [1.165, 1.54) is 4.68 Å². The van der Waals surface area contributed by atoms with Crippen LogP contribution in [0.5, 0.6) is 5.75 Å². The van der Waals surface area contributed by atoms with Crippen LogP contribution in [-0.4, -0.2) is 15.9 Å². The smallest absolute Gasteiger partial charge is 0.282 e. The molecule has 1 heterocycles. The first-order chi connectivity index (χ1) is 16.0. The van der Waals surface area contributed by atoms with Crippen molar-refractivity contribution in [2.75, 3.05) is 0 Å². The second-order valence-corrected chi connectivity index (χ2v) is 9.59. The number of fused-ring (bicyclic) bond motifs is 1. The van der Waals surface area contributed by atoms with Gasteiger partial charge in [0, 0.05) is 20.4 Å². The predicted octanol–water partition coefficient (Wildman–Crippen LogP) is 6.90. The summed E-state index contributed by atoms with van der Waals surface area (Å²) in [6.45, 7) is 4.55. The van der Waals surface area contributed by atoms with Crippen molar-refractivity contribution in [2.45, 2.75) is 32.8 Å². The molecule has 0 fully saturated rings. The van der Waals surface area contributed by atoms with Crippen LogP contribution >= 0.6 is 31.9 Å². The number of hydrogen-bond donors (Lipinski definition) is 0. The van der Waals surface area contributed by atoms with Crippen molar-refractivity contribution in [3.05, 3.63) is 103 Å². The Balaban J connectivity index is 1.70. The van der Waals surface area contributed by atoms with E-state index in [1.54, 1.807) is 12.3 Å². The van der Waals surface area contributed by atoms with Crippen LogP contribution in [0.25, 0.3) is 10.9 Å². The molecule has 168 valence electrons. The van der Waals surface area contributed by atoms with Gasteiger partial charge >= 0.3 is 0 Å². The van der Waals surface area contributed by atoms with E-state index in [1.807, 2.05) is 67.6 Å². The lowest BCUT2D eigenvalue weighted by Crippen LogP contribution is -2.23. The number of halogens is 2. The fourth-order valence-corrected chi connectivity index (χ4v) is 3.98. The van der Waals surface area contributed by atoms with E-state index >= 15 is 0 Å². The van der Waals surface area contributed by atoms with Gasteiger partial charge in [-0.15, -0.1) is 0 Å². The molecule has 1 atom stereocenters.